The average Bonchev–Trinajstić information content (AvgIpc) is 2.46. The van der Waals surface area contributed by atoms with Crippen LogP contribution in [0, 0.1) is 0 Å². The van der Waals surface area contributed by atoms with Gasteiger partial charge in [0.05, 0.1) is 4.90 Å². The molecule has 20 heavy (non-hydrogen) atoms. The summed E-state index contributed by atoms with van der Waals surface area (Å²) in [5.41, 5.74) is 0.981. The summed E-state index contributed by atoms with van der Waals surface area (Å²) in [6.07, 6.45) is 4.29. The Kier molecular flexibility index (Phi) is 4.65. The lowest BCUT2D eigenvalue weighted by molar-refractivity contribution is 0.288. The highest BCUT2D eigenvalue weighted by Gasteiger charge is 2.14. The minimum Gasteiger partial charge on any atom is -0.396 e. The van der Waals surface area contributed by atoms with Gasteiger partial charge in [-0.05, 0) is 36.6 Å². The van der Waals surface area contributed by atoms with Gasteiger partial charge in [-0.3, -0.25) is 0 Å². The zero-order valence-corrected chi connectivity index (χ0v) is 11.5. The number of aliphatic hydroxyl groups is 1. The molecule has 6 nitrogen and oxygen atoms in total. The van der Waals surface area contributed by atoms with Crippen molar-refractivity contribution in [2.45, 2.75) is 17.7 Å². The first-order chi connectivity index (χ1) is 9.62. The molecule has 0 amide bonds. The number of benzene rings is 1. The second-order valence-corrected chi connectivity index (χ2v) is 5.83. The lowest BCUT2D eigenvalue weighted by atomic mass is 10.1. The molecule has 0 atom stereocenters. The number of aromatic nitrogens is 2. The second-order valence-electron chi connectivity index (χ2n) is 4.15. The Morgan fingerprint density at radius 2 is 1.75 bits per heavy atom. The number of hydrogen-bond donors (Lipinski definition) is 2. The van der Waals surface area contributed by atoms with Crippen LogP contribution in [-0.2, 0) is 16.4 Å². The van der Waals surface area contributed by atoms with E-state index in [-0.39, 0.29) is 17.5 Å². The zero-order chi connectivity index (χ0) is 14.4. The molecule has 2 rings (SSSR count). The van der Waals surface area contributed by atoms with Gasteiger partial charge >= 0.3 is 0 Å². The van der Waals surface area contributed by atoms with Crippen LogP contribution < -0.4 is 4.72 Å². The number of hydrogen-bond acceptors (Lipinski definition) is 5. The third kappa shape index (κ3) is 3.75. The summed E-state index contributed by atoms with van der Waals surface area (Å²) < 4.78 is 26.5. The molecule has 0 spiro atoms. The van der Waals surface area contributed by atoms with E-state index in [4.69, 9.17) is 5.11 Å². The van der Waals surface area contributed by atoms with Gasteiger partial charge in [-0.2, -0.15) is 0 Å². The normalized spacial score (nSPS) is 11.2. The molecule has 0 fully saturated rings. The number of aliphatic hydroxyl groups excluding tert-OH is 1. The molecule has 0 aliphatic heterocycles. The highest BCUT2D eigenvalue weighted by Crippen LogP contribution is 2.14. The smallest absolute Gasteiger partial charge is 0.264 e. The van der Waals surface area contributed by atoms with Crippen molar-refractivity contribution in [1.29, 1.82) is 0 Å². The van der Waals surface area contributed by atoms with Crippen LogP contribution in [0.4, 0.5) is 5.95 Å². The molecular weight excluding hydrogens is 278 g/mol. The van der Waals surface area contributed by atoms with Crippen molar-refractivity contribution in [1.82, 2.24) is 9.97 Å². The van der Waals surface area contributed by atoms with Crippen LogP contribution in [0.3, 0.4) is 0 Å². The highest BCUT2D eigenvalue weighted by atomic mass is 32.2. The average molecular weight is 293 g/mol. The van der Waals surface area contributed by atoms with Crippen LogP contribution >= 0.6 is 0 Å². The molecule has 0 saturated heterocycles. The van der Waals surface area contributed by atoms with Crippen molar-refractivity contribution in [3.05, 3.63) is 48.3 Å². The summed E-state index contributed by atoms with van der Waals surface area (Å²) in [4.78, 5) is 7.79. The van der Waals surface area contributed by atoms with E-state index in [9.17, 15) is 8.42 Å². The number of anilines is 1. The molecule has 0 unspecified atom stereocenters. The van der Waals surface area contributed by atoms with E-state index in [1.54, 1.807) is 18.2 Å². The molecular formula is C13H15N3O3S. The number of nitrogens with one attached hydrogen (secondary N) is 1. The van der Waals surface area contributed by atoms with Crippen LogP contribution in [0.25, 0.3) is 0 Å². The van der Waals surface area contributed by atoms with E-state index >= 15 is 0 Å². The number of rotatable bonds is 6. The van der Waals surface area contributed by atoms with Gasteiger partial charge in [-0.15, -0.1) is 0 Å². The van der Waals surface area contributed by atoms with E-state index in [1.165, 1.54) is 24.5 Å². The lowest BCUT2D eigenvalue weighted by Crippen LogP contribution is -2.14. The lowest BCUT2D eigenvalue weighted by Gasteiger charge is -2.07. The minimum absolute atomic E-state index is 0.0388. The number of aryl methyl sites for hydroxylation is 1. The molecule has 0 radical (unpaired) electrons. The predicted octanol–water partition coefficient (Wildman–Crippen LogP) is 1.20. The Morgan fingerprint density at radius 1 is 1.10 bits per heavy atom. The van der Waals surface area contributed by atoms with E-state index < -0.39 is 10.0 Å². The molecule has 1 heterocycles. The summed E-state index contributed by atoms with van der Waals surface area (Å²) in [5.74, 6) is 0.0388. The molecule has 0 aliphatic rings. The highest BCUT2D eigenvalue weighted by molar-refractivity contribution is 7.92. The van der Waals surface area contributed by atoms with Gasteiger partial charge in [0.1, 0.15) is 0 Å². The fourth-order valence-corrected chi connectivity index (χ4v) is 2.61. The van der Waals surface area contributed by atoms with E-state index in [0.29, 0.717) is 12.8 Å². The Hall–Kier alpha value is -1.99. The SMILES string of the molecule is O=S(=O)(Nc1ncccn1)c1ccc(CCCO)cc1. The van der Waals surface area contributed by atoms with E-state index in [1.807, 2.05) is 0 Å². The summed E-state index contributed by atoms with van der Waals surface area (Å²) in [6, 6.07) is 8.12. The Morgan fingerprint density at radius 3 is 2.35 bits per heavy atom. The zero-order valence-electron chi connectivity index (χ0n) is 10.7. The first-order valence-electron chi connectivity index (χ1n) is 6.11. The molecule has 2 aromatic rings. The third-order valence-electron chi connectivity index (χ3n) is 2.65. The van der Waals surface area contributed by atoms with Gasteiger partial charge < -0.3 is 5.11 Å². The number of sulfonamides is 1. The molecule has 1 aromatic heterocycles. The van der Waals surface area contributed by atoms with Crippen molar-refractivity contribution >= 4 is 16.0 Å². The van der Waals surface area contributed by atoms with Crippen LogP contribution in [0.2, 0.25) is 0 Å². The quantitative estimate of drug-likeness (QED) is 0.835. The van der Waals surface area contributed by atoms with Crippen molar-refractivity contribution in [2.75, 3.05) is 11.3 Å². The molecule has 0 saturated carbocycles. The fourth-order valence-electron chi connectivity index (χ4n) is 1.65. The van der Waals surface area contributed by atoms with Crippen LogP contribution in [0.15, 0.2) is 47.6 Å². The molecule has 0 bridgehead atoms. The molecule has 1 aromatic carbocycles. The summed E-state index contributed by atoms with van der Waals surface area (Å²) in [7, 11) is -3.67. The first-order valence-corrected chi connectivity index (χ1v) is 7.60. The topological polar surface area (TPSA) is 92.2 Å². The van der Waals surface area contributed by atoms with Crippen molar-refractivity contribution in [3.63, 3.8) is 0 Å². The van der Waals surface area contributed by atoms with Gasteiger partial charge in [0.25, 0.3) is 10.0 Å². The Balaban J connectivity index is 2.13. The summed E-state index contributed by atoms with van der Waals surface area (Å²) in [5, 5.41) is 8.76. The van der Waals surface area contributed by atoms with E-state index in [2.05, 4.69) is 14.7 Å². The maximum Gasteiger partial charge on any atom is 0.264 e. The van der Waals surface area contributed by atoms with Crippen LogP contribution in [0.1, 0.15) is 12.0 Å². The Bertz CT molecular complexity index is 642. The fraction of sp³-hybridized carbons (Fsp3) is 0.231. The van der Waals surface area contributed by atoms with Gasteiger partial charge in [0, 0.05) is 19.0 Å². The summed E-state index contributed by atoms with van der Waals surface area (Å²) >= 11 is 0. The monoisotopic (exact) mass is 293 g/mol. The number of nitrogens with zero attached hydrogens (tertiary/aromatic N) is 2. The minimum atomic E-state index is -3.67. The van der Waals surface area contributed by atoms with Gasteiger partial charge in [-0.25, -0.2) is 23.1 Å². The summed E-state index contributed by atoms with van der Waals surface area (Å²) in [6.45, 7) is 0.118. The Labute approximate surface area is 117 Å². The van der Waals surface area contributed by atoms with E-state index in [0.717, 1.165) is 5.56 Å². The van der Waals surface area contributed by atoms with Gasteiger partial charge in [-0.1, -0.05) is 12.1 Å². The predicted molar refractivity (Wildman–Crippen MR) is 74.7 cm³/mol. The standard InChI is InChI=1S/C13H15N3O3S/c17-10-1-3-11-4-6-12(7-5-11)20(18,19)16-13-14-8-2-9-15-13/h2,4-9,17H,1,3,10H2,(H,14,15,16). The van der Waals surface area contributed by atoms with Crippen LogP contribution in [0.5, 0.6) is 0 Å². The largest absolute Gasteiger partial charge is 0.396 e. The second kappa shape index (κ2) is 6.44. The first kappa shape index (κ1) is 14.4. The maximum atomic E-state index is 12.1. The van der Waals surface area contributed by atoms with Gasteiger partial charge in [0.15, 0.2) is 0 Å². The van der Waals surface area contributed by atoms with Gasteiger partial charge in [0.2, 0.25) is 5.95 Å². The molecule has 0 aliphatic carbocycles. The molecule has 2 N–H and O–H groups in total. The van der Waals surface area contributed by atoms with Crippen molar-refractivity contribution in [2.24, 2.45) is 0 Å². The van der Waals surface area contributed by atoms with Crippen molar-refractivity contribution in [3.8, 4) is 0 Å². The molecule has 7 heteroatoms. The van der Waals surface area contributed by atoms with Crippen LogP contribution in [-0.4, -0.2) is 30.1 Å². The molecule has 106 valence electrons. The third-order valence-corrected chi connectivity index (χ3v) is 3.99. The maximum absolute atomic E-state index is 12.1. The van der Waals surface area contributed by atoms with Crippen molar-refractivity contribution < 1.29 is 13.5 Å².